The zero-order valence-electron chi connectivity index (χ0n) is 26.3. The van der Waals surface area contributed by atoms with Crippen LogP contribution in [0.15, 0.2) is 146 Å². The highest BCUT2D eigenvalue weighted by molar-refractivity contribution is 6.35. The molecule has 47 heavy (non-hydrogen) atoms. The van der Waals surface area contributed by atoms with Gasteiger partial charge in [-0.2, -0.15) is 0 Å². The van der Waals surface area contributed by atoms with Crippen LogP contribution in [-0.2, 0) is 5.41 Å². The molecule has 220 valence electrons. The first-order valence-electron chi connectivity index (χ1n) is 16.4. The number of para-hydroxylation sites is 1. The van der Waals surface area contributed by atoms with Crippen molar-refractivity contribution in [2.45, 2.75) is 19.3 Å². The quantitative estimate of drug-likeness (QED) is 0.185. The maximum atomic E-state index is 5.23. The van der Waals surface area contributed by atoms with Crippen LogP contribution in [0.3, 0.4) is 0 Å². The molecule has 0 saturated carbocycles. The minimum absolute atomic E-state index is 0.257. The number of rotatable bonds is 2. The zero-order valence-corrected chi connectivity index (χ0v) is 26.3. The predicted molar refractivity (Wildman–Crippen MR) is 198 cm³/mol. The van der Waals surface area contributed by atoms with E-state index < -0.39 is 0 Å². The molecule has 2 heteroatoms. The Morgan fingerprint density at radius 2 is 1.00 bits per heavy atom. The van der Waals surface area contributed by atoms with E-state index in [0.29, 0.717) is 0 Å². The van der Waals surface area contributed by atoms with Gasteiger partial charge in [-0.05, 0) is 77.5 Å². The minimum Gasteiger partial charge on any atom is -0.228 e. The first-order valence-corrected chi connectivity index (χ1v) is 16.4. The SMILES string of the molecule is CC1(C)c2cc(-c3nc(-c4ccccc4)c4ccccc4n3)ccc2-c2c1c1c3ccccc3c3ccccc3c1c1ccccc21. The van der Waals surface area contributed by atoms with E-state index in [1.807, 2.05) is 6.07 Å². The Morgan fingerprint density at radius 3 is 1.70 bits per heavy atom. The maximum absolute atomic E-state index is 5.23. The summed E-state index contributed by atoms with van der Waals surface area (Å²) in [5.41, 5.74) is 9.17. The largest absolute Gasteiger partial charge is 0.228 e. The van der Waals surface area contributed by atoms with Crippen LogP contribution in [0.4, 0.5) is 0 Å². The topological polar surface area (TPSA) is 25.8 Å². The summed E-state index contributed by atoms with van der Waals surface area (Å²) < 4.78 is 0. The highest BCUT2D eigenvalue weighted by Crippen LogP contribution is 2.57. The lowest BCUT2D eigenvalue weighted by Gasteiger charge is -2.26. The highest BCUT2D eigenvalue weighted by Gasteiger charge is 2.39. The van der Waals surface area contributed by atoms with E-state index in [1.54, 1.807) is 0 Å². The van der Waals surface area contributed by atoms with Gasteiger partial charge >= 0.3 is 0 Å². The average molecular weight is 599 g/mol. The molecule has 10 rings (SSSR count). The van der Waals surface area contributed by atoms with E-state index in [9.17, 15) is 0 Å². The lowest BCUT2D eigenvalue weighted by Crippen LogP contribution is -2.16. The molecular formula is C45H30N2. The van der Waals surface area contributed by atoms with Crippen LogP contribution in [-0.4, -0.2) is 9.97 Å². The van der Waals surface area contributed by atoms with Gasteiger partial charge in [-0.25, -0.2) is 9.97 Å². The highest BCUT2D eigenvalue weighted by atomic mass is 14.9. The lowest BCUT2D eigenvalue weighted by atomic mass is 9.77. The Hall–Kier alpha value is -5.86. The van der Waals surface area contributed by atoms with E-state index >= 15 is 0 Å². The summed E-state index contributed by atoms with van der Waals surface area (Å²) in [5, 5.41) is 11.6. The van der Waals surface area contributed by atoms with E-state index in [-0.39, 0.29) is 5.41 Å². The van der Waals surface area contributed by atoms with Gasteiger partial charge in [-0.3, -0.25) is 0 Å². The molecule has 9 aromatic rings. The second-order valence-electron chi connectivity index (χ2n) is 13.3. The van der Waals surface area contributed by atoms with Crippen LogP contribution in [0.5, 0.6) is 0 Å². The molecule has 0 spiro atoms. The second kappa shape index (κ2) is 9.57. The van der Waals surface area contributed by atoms with Gasteiger partial charge in [0.25, 0.3) is 0 Å². The molecule has 2 nitrogen and oxygen atoms in total. The molecule has 1 heterocycles. The molecule has 0 saturated heterocycles. The molecule has 1 aromatic heterocycles. The second-order valence-corrected chi connectivity index (χ2v) is 13.3. The molecule has 0 aliphatic heterocycles. The first-order chi connectivity index (χ1) is 23.1. The van der Waals surface area contributed by atoms with Gasteiger partial charge in [0.05, 0.1) is 11.2 Å². The summed E-state index contributed by atoms with van der Waals surface area (Å²) in [6.45, 7) is 4.80. The Bertz CT molecular complexity index is 2760. The van der Waals surface area contributed by atoms with Crippen LogP contribution in [0.2, 0.25) is 0 Å². The van der Waals surface area contributed by atoms with E-state index in [1.165, 1.54) is 65.3 Å². The predicted octanol–water partition coefficient (Wildman–Crippen LogP) is 11.9. The smallest absolute Gasteiger partial charge is 0.160 e. The molecule has 8 aromatic carbocycles. The van der Waals surface area contributed by atoms with Crippen molar-refractivity contribution >= 4 is 54.0 Å². The van der Waals surface area contributed by atoms with Gasteiger partial charge in [0.1, 0.15) is 0 Å². The van der Waals surface area contributed by atoms with Crippen molar-refractivity contribution in [3.63, 3.8) is 0 Å². The van der Waals surface area contributed by atoms with Gasteiger partial charge in [-0.15, -0.1) is 0 Å². The van der Waals surface area contributed by atoms with Gasteiger partial charge in [0.2, 0.25) is 0 Å². The van der Waals surface area contributed by atoms with Gasteiger partial charge < -0.3 is 0 Å². The number of benzene rings is 8. The monoisotopic (exact) mass is 598 g/mol. The Morgan fingerprint density at radius 1 is 0.447 bits per heavy atom. The fourth-order valence-corrected chi connectivity index (χ4v) is 8.34. The third-order valence-electron chi connectivity index (χ3n) is 10.4. The fourth-order valence-electron chi connectivity index (χ4n) is 8.34. The zero-order chi connectivity index (χ0) is 31.3. The molecule has 1 aliphatic rings. The van der Waals surface area contributed by atoms with Crippen molar-refractivity contribution in [3.8, 4) is 33.8 Å². The Kier molecular flexibility index (Phi) is 5.37. The van der Waals surface area contributed by atoms with Crippen LogP contribution in [0.25, 0.3) is 87.8 Å². The van der Waals surface area contributed by atoms with Crippen LogP contribution >= 0.6 is 0 Å². The van der Waals surface area contributed by atoms with Crippen LogP contribution in [0.1, 0.15) is 25.0 Å². The summed E-state index contributed by atoms with van der Waals surface area (Å²) in [7, 11) is 0. The molecule has 0 atom stereocenters. The van der Waals surface area contributed by atoms with Crippen LogP contribution in [0, 0.1) is 0 Å². The van der Waals surface area contributed by atoms with Crippen molar-refractivity contribution in [1.82, 2.24) is 9.97 Å². The van der Waals surface area contributed by atoms with Gasteiger partial charge in [-0.1, -0.05) is 147 Å². The van der Waals surface area contributed by atoms with E-state index in [0.717, 1.165) is 33.5 Å². The van der Waals surface area contributed by atoms with Crippen molar-refractivity contribution in [1.29, 1.82) is 0 Å². The standard InChI is InChI=1S/C45H30N2/c1-45(2)37-26-28(44-46-38-23-13-12-22-36(38)43(47-44)27-14-4-3-5-15-27)24-25-35(37)40-34-21-11-10-20-33(34)39-31-18-8-6-16-29(31)30-17-7-9-19-32(30)41(39)42(40)45/h3-26H,1-2H3. The Labute approximate surface area is 273 Å². The number of aromatic nitrogens is 2. The number of hydrogen-bond donors (Lipinski definition) is 0. The Balaban J connectivity index is 1.29. The third kappa shape index (κ3) is 3.61. The summed E-state index contributed by atoms with van der Waals surface area (Å²) >= 11 is 0. The normalized spacial score (nSPS) is 13.5. The summed E-state index contributed by atoms with van der Waals surface area (Å²) in [6.07, 6.45) is 0. The number of fused-ring (bicyclic) bond motifs is 14. The lowest BCUT2D eigenvalue weighted by molar-refractivity contribution is 0.667. The molecule has 1 aliphatic carbocycles. The average Bonchev–Trinajstić information content (AvgIpc) is 3.37. The molecule has 0 unspecified atom stereocenters. The van der Waals surface area contributed by atoms with E-state index in [2.05, 4.69) is 153 Å². The molecule has 0 N–H and O–H groups in total. The van der Waals surface area contributed by atoms with Crippen molar-refractivity contribution in [3.05, 3.63) is 157 Å². The van der Waals surface area contributed by atoms with Gasteiger partial charge in [0.15, 0.2) is 5.82 Å². The van der Waals surface area contributed by atoms with Crippen molar-refractivity contribution in [2.24, 2.45) is 0 Å². The molecule has 0 radical (unpaired) electrons. The molecule has 0 amide bonds. The fraction of sp³-hybridized carbons (Fsp3) is 0.0667. The molecular weight excluding hydrogens is 569 g/mol. The minimum atomic E-state index is -0.257. The summed E-state index contributed by atoms with van der Waals surface area (Å²) in [5.74, 6) is 0.753. The maximum Gasteiger partial charge on any atom is 0.160 e. The van der Waals surface area contributed by atoms with E-state index in [4.69, 9.17) is 9.97 Å². The third-order valence-corrected chi connectivity index (χ3v) is 10.4. The summed E-state index contributed by atoms with van der Waals surface area (Å²) in [4.78, 5) is 10.3. The first kappa shape index (κ1) is 26.4. The molecule has 0 fully saturated rings. The van der Waals surface area contributed by atoms with Crippen molar-refractivity contribution < 1.29 is 0 Å². The van der Waals surface area contributed by atoms with Crippen LogP contribution < -0.4 is 0 Å². The number of nitrogens with zero attached hydrogens (tertiary/aromatic N) is 2. The molecule has 0 bridgehead atoms. The van der Waals surface area contributed by atoms with Crippen molar-refractivity contribution in [2.75, 3.05) is 0 Å². The number of hydrogen-bond acceptors (Lipinski definition) is 2. The summed E-state index contributed by atoms with van der Waals surface area (Å²) in [6, 6.07) is 52.6. The van der Waals surface area contributed by atoms with Gasteiger partial charge in [0, 0.05) is 21.9 Å².